The van der Waals surface area contributed by atoms with Crippen molar-refractivity contribution < 1.29 is 0 Å². The number of thioether (sulfide) groups is 1. The molecule has 17 heavy (non-hydrogen) atoms. The van der Waals surface area contributed by atoms with Crippen LogP contribution >= 0.6 is 27.7 Å². The SMILES string of the molecule is Cc1ccc(SC(C)c2ccc(Br)cc2)cc1. The van der Waals surface area contributed by atoms with Crippen LogP contribution in [-0.2, 0) is 0 Å². The number of hydrogen-bond acceptors (Lipinski definition) is 1. The lowest BCUT2D eigenvalue weighted by atomic mass is 10.2. The molecule has 2 aromatic carbocycles. The van der Waals surface area contributed by atoms with E-state index in [9.17, 15) is 0 Å². The van der Waals surface area contributed by atoms with E-state index in [1.165, 1.54) is 16.0 Å². The maximum Gasteiger partial charge on any atom is 0.0316 e. The molecule has 0 fully saturated rings. The summed E-state index contributed by atoms with van der Waals surface area (Å²) in [5.41, 5.74) is 2.67. The Balaban J connectivity index is 2.08. The molecule has 0 aliphatic carbocycles. The van der Waals surface area contributed by atoms with Gasteiger partial charge in [-0.2, -0.15) is 0 Å². The van der Waals surface area contributed by atoms with Crippen LogP contribution in [0.15, 0.2) is 57.9 Å². The first-order valence-electron chi connectivity index (χ1n) is 5.64. The summed E-state index contributed by atoms with van der Waals surface area (Å²) in [6.45, 7) is 4.36. The van der Waals surface area contributed by atoms with Gasteiger partial charge in [0.25, 0.3) is 0 Å². The van der Waals surface area contributed by atoms with E-state index in [4.69, 9.17) is 0 Å². The summed E-state index contributed by atoms with van der Waals surface area (Å²) in [7, 11) is 0. The van der Waals surface area contributed by atoms with E-state index < -0.39 is 0 Å². The molecular formula is C15H15BrS. The average Bonchev–Trinajstić information content (AvgIpc) is 2.33. The zero-order valence-corrected chi connectivity index (χ0v) is 12.4. The van der Waals surface area contributed by atoms with E-state index in [1.807, 2.05) is 11.8 Å². The molecule has 88 valence electrons. The molecule has 0 aliphatic heterocycles. The lowest BCUT2D eigenvalue weighted by molar-refractivity contribution is 1.09. The third kappa shape index (κ3) is 3.62. The van der Waals surface area contributed by atoms with Gasteiger partial charge in [-0.25, -0.2) is 0 Å². The van der Waals surface area contributed by atoms with Crippen LogP contribution in [0.1, 0.15) is 23.3 Å². The number of aryl methyl sites for hydroxylation is 1. The fourth-order valence-electron chi connectivity index (χ4n) is 1.62. The largest absolute Gasteiger partial charge is 0.118 e. The minimum Gasteiger partial charge on any atom is -0.118 e. The van der Waals surface area contributed by atoms with Gasteiger partial charge >= 0.3 is 0 Å². The van der Waals surface area contributed by atoms with Gasteiger partial charge in [-0.15, -0.1) is 11.8 Å². The predicted molar refractivity (Wildman–Crippen MR) is 79.6 cm³/mol. The molecule has 0 radical (unpaired) electrons. The minimum absolute atomic E-state index is 0.478. The van der Waals surface area contributed by atoms with Gasteiger partial charge in [-0.3, -0.25) is 0 Å². The summed E-state index contributed by atoms with van der Waals surface area (Å²) < 4.78 is 1.13. The first kappa shape index (κ1) is 12.7. The van der Waals surface area contributed by atoms with Crippen molar-refractivity contribution in [2.75, 3.05) is 0 Å². The topological polar surface area (TPSA) is 0 Å². The molecule has 2 rings (SSSR count). The smallest absolute Gasteiger partial charge is 0.0316 e. The molecule has 0 spiro atoms. The molecule has 1 atom stereocenters. The Morgan fingerprint density at radius 2 is 1.53 bits per heavy atom. The zero-order valence-electron chi connectivity index (χ0n) is 9.98. The summed E-state index contributed by atoms with van der Waals surface area (Å²) in [6.07, 6.45) is 0. The fraction of sp³-hybridized carbons (Fsp3) is 0.200. The minimum atomic E-state index is 0.478. The molecule has 0 saturated carbocycles. The maximum absolute atomic E-state index is 3.46. The van der Waals surface area contributed by atoms with E-state index in [0.29, 0.717) is 5.25 Å². The summed E-state index contributed by atoms with van der Waals surface area (Å²) in [5, 5.41) is 0.478. The Morgan fingerprint density at radius 1 is 0.941 bits per heavy atom. The van der Waals surface area contributed by atoms with Crippen LogP contribution in [0.2, 0.25) is 0 Å². The van der Waals surface area contributed by atoms with Gasteiger partial charge in [0, 0.05) is 14.6 Å². The Hall–Kier alpha value is -0.730. The van der Waals surface area contributed by atoms with Gasteiger partial charge in [0.05, 0.1) is 0 Å². The highest BCUT2D eigenvalue weighted by atomic mass is 79.9. The number of benzene rings is 2. The molecule has 2 heteroatoms. The summed E-state index contributed by atoms with van der Waals surface area (Å²) >= 11 is 5.36. The predicted octanol–water partition coefficient (Wildman–Crippen LogP) is 5.61. The van der Waals surface area contributed by atoms with Crippen molar-refractivity contribution in [2.24, 2.45) is 0 Å². The molecule has 0 amide bonds. The Morgan fingerprint density at radius 3 is 2.12 bits per heavy atom. The van der Waals surface area contributed by atoms with E-state index in [-0.39, 0.29) is 0 Å². The van der Waals surface area contributed by atoms with Crippen LogP contribution in [0, 0.1) is 6.92 Å². The summed E-state index contributed by atoms with van der Waals surface area (Å²) in [5.74, 6) is 0. The van der Waals surface area contributed by atoms with Crippen molar-refractivity contribution in [3.8, 4) is 0 Å². The third-order valence-electron chi connectivity index (χ3n) is 2.67. The molecule has 0 nitrogen and oxygen atoms in total. The lowest BCUT2D eigenvalue weighted by Gasteiger charge is -2.11. The van der Waals surface area contributed by atoms with Crippen molar-refractivity contribution in [3.63, 3.8) is 0 Å². The molecule has 2 aromatic rings. The van der Waals surface area contributed by atoms with Crippen LogP contribution in [-0.4, -0.2) is 0 Å². The second-order valence-corrected chi connectivity index (χ2v) is 6.45. The number of halogens is 1. The highest BCUT2D eigenvalue weighted by Gasteiger charge is 2.06. The normalized spacial score (nSPS) is 12.4. The van der Waals surface area contributed by atoms with Gasteiger partial charge in [0.15, 0.2) is 0 Å². The first-order valence-corrected chi connectivity index (χ1v) is 7.31. The molecule has 0 bridgehead atoms. The molecule has 1 unspecified atom stereocenters. The highest BCUT2D eigenvalue weighted by molar-refractivity contribution is 9.10. The molecule has 0 saturated heterocycles. The monoisotopic (exact) mass is 306 g/mol. The number of rotatable bonds is 3. The molecule has 0 N–H and O–H groups in total. The van der Waals surface area contributed by atoms with Crippen LogP contribution in [0.25, 0.3) is 0 Å². The highest BCUT2D eigenvalue weighted by Crippen LogP contribution is 2.35. The first-order chi connectivity index (χ1) is 8.15. The maximum atomic E-state index is 3.46. The Bertz CT molecular complexity index is 473. The quantitative estimate of drug-likeness (QED) is 0.664. The Labute approximate surface area is 116 Å². The van der Waals surface area contributed by atoms with E-state index in [1.54, 1.807) is 0 Å². The second kappa shape index (κ2) is 5.74. The van der Waals surface area contributed by atoms with Crippen LogP contribution in [0.3, 0.4) is 0 Å². The van der Waals surface area contributed by atoms with E-state index in [0.717, 1.165) is 4.47 Å². The van der Waals surface area contributed by atoms with Gasteiger partial charge in [-0.05, 0) is 43.7 Å². The van der Waals surface area contributed by atoms with Crippen LogP contribution in [0.4, 0.5) is 0 Å². The van der Waals surface area contributed by atoms with Gasteiger partial charge in [-0.1, -0.05) is 45.8 Å². The van der Waals surface area contributed by atoms with Gasteiger partial charge < -0.3 is 0 Å². The zero-order chi connectivity index (χ0) is 12.3. The molecular weight excluding hydrogens is 292 g/mol. The van der Waals surface area contributed by atoms with E-state index in [2.05, 4.69) is 78.3 Å². The average molecular weight is 307 g/mol. The van der Waals surface area contributed by atoms with E-state index >= 15 is 0 Å². The van der Waals surface area contributed by atoms with Gasteiger partial charge in [0.2, 0.25) is 0 Å². The van der Waals surface area contributed by atoms with Gasteiger partial charge in [0.1, 0.15) is 0 Å². The molecule has 0 aliphatic rings. The molecule has 0 aromatic heterocycles. The molecule has 0 heterocycles. The van der Waals surface area contributed by atoms with Crippen molar-refractivity contribution in [3.05, 3.63) is 64.1 Å². The van der Waals surface area contributed by atoms with Crippen LogP contribution < -0.4 is 0 Å². The summed E-state index contributed by atoms with van der Waals surface area (Å²) in [4.78, 5) is 1.33. The lowest BCUT2D eigenvalue weighted by Crippen LogP contribution is -1.87. The van der Waals surface area contributed by atoms with Crippen molar-refractivity contribution >= 4 is 27.7 Å². The van der Waals surface area contributed by atoms with Crippen molar-refractivity contribution in [1.29, 1.82) is 0 Å². The standard InChI is InChI=1S/C15H15BrS/c1-11-3-9-15(10-4-11)17-12(2)13-5-7-14(16)8-6-13/h3-10,12H,1-2H3. The van der Waals surface area contributed by atoms with Crippen molar-refractivity contribution in [2.45, 2.75) is 24.0 Å². The Kier molecular flexibility index (Phi) is 4.30. The second-order valence-electron chi connectivity index (χ2n) is 4.12. The number of hydrogen-bond donors (Lipinski definition) is 0. The van der Waals surface area contributed by atoms with Crippen LogP contribution in [0.5, 0.6) is 0 Å². The van der Waals surface area contributed by atoms with Crippen molar-refractivity contribution in [1.82, 2.24) is 0 Å². The summed E-state index contributed by atoms with van der Waals surface area (Å²) in [6, 6.07) is 17.3. The fourth-order valence-corrected chi connectivity index (χ4v) is 2.88. The third-order valence-corrected chi connectivity index (χ3v) is 4.37.